The summed E-state index contributed by atoms with van der Waals surface area (Å²) in [6, 6.07) is 4.05. The molecule has 5 heteroatoms. The zero-order valence-electron chi connectivity index (χ0n) is 15.2. The van der Waals surface area contributed by atoms with Crippen molar-refractivity contribution < 1.29 is 19.8 Å². The highest BCUT2D eigenvalue weighted by atomic mass is 16.4. The van der Waals surface area contributed by atoms with Gasteiger partial charge in [-0.15, -0.1) is 0 Å². The molecule has 0 fully saturated rings. The Labute approximate surface area is 150 Å². The van der Waals surface area contributed by atoms with Crippen LogP contribution in [0.1, 0.15) is 91.8 Å². The maximum atomic E-state index is 11.2. The lowest BCUT2D eigenvalue weighted by Gasteiger charge is -2.10. The maximum Gasteiger partial charge on any atom is 0.337 e. The van der Waals surface area contributed by atoms with E-state index in [0.29, 0.717) is 12.2 Å². The van der Waals surface area contributed by atoms with E-state index < -0.39 is 11.9 Å². The molecular weight excluding hydrogens is 318 g/mol. The lowest BCUT2D eigenvalue weighted by Crippen LogP contribution is -2.09. The smallest absolute Gasteiger partial charge is 0.337 e. The zero-order chi connectivity index (χ0) is 18.5. The summed E-state index contributed by atoms with van der Waals surface area (Å²) in [6.07, 6.45) is 12.4. The second-order valence-electron chi connectivity index (χ2n) is 6.48. The summed E-state index contributed by atoms with van der Waals surface area (Å²) in [5.41, 5.74) is 0.580. The van der Waals surface area contributed by atoms with Crippen molar-refractivity contribution in [3.8, 4) is 0 Å². The minimum atomic E-state index is -1.06. The molecule has 140 valence electrons. The SMILES string of the molecule is CCCCCCCCCCCCNc1cc(C(=O)O)ccc1C(=O)O. The van der Waals surface area contributed by atoms with Gasteiger partial charge in [0.15, 0.2) is 0 Å². The fourth-order valence-corrected chi connectivity index (χ4v) is 2.85. The predicted molar refractivity (Wildman–Crippen MR) is 101 cm³/mol. The molecule has 3 N–H and O–H groups in total. The number of unbranched alkanes of at least 4 members (excludes halogenated alkanes) is 9. The Bertz CT molecular complexity index is 542. The van der Waals surface area contributed by atoms with E-state index in [-0.39, 0.29) is 11.1 Å². The van der Waals surface area contributed by atoms with Gasteiger partial charge in [0.2, 0.25) is 0 Å². The van der Waals surface area contributed by atoms with Crippen molar-refractivity contribution in [1.29, 1.82) is 0 Å². The Hall–Kier alpha value is -2.04. The standard InChI is InChI=1S/C20H31NO4/c1-2-3-4-5-6-7-8-9-10-11-14-21-18-15-16(19(22)23)12-13-17(18)20(24)25/h12-13,15,21H,2-11,14H2,1H3,(H,22,23)(H,24,25). The van der Waals surface area contributed by atoms with Crippen LogP contribution >= 0.6 is 0 Å². The number of hydrogen-bond donors (Lipinski definition) is 3. The van der Waals surface area contributed by atoms with Crippen LogP contribution in [0, 0.1) is 0 Å². The fourth-order valence-electron chi connectivity index (χ4n) is 2.85. The topological polar surface area (TPSA) is 86.6 Å². The van der Waals surface area contributed by atoms with Crippen LogP contribution in [0.5, 0.6) is 0 Å². The lowest BCUT2D eigenvalue weighted by atomic mass is 10.1. The van der Waals surface area contributed by atoms with Crippen molar-refractivity contribution in [2.45, 2.75) is 71.1 Å². The first kappa shape index (κ1) is 21.0. The second-order valence-corrected chi connectivity index (χ2v) is 6.48. The number of nitrogens with one attached hydrogen (secondary N) is 1. The van der Waals surface area contributed by atoms with Gasteiger partial charge in [0.25, 0.3) is 0 Å². The van der Waals surface area contributed by atoms with Gasteiger partial charge in [0.1, 0.15) is 0 Å². The highest BCUT2D eigenvalue weighted by Crippen LogP contribution is 2.19. The first-order chi connectivity index (χ1) is 12.1. The van der Waals surface area contributed by atoms with Crippen LogP contribution in [0.15, 0.2) is 18.2 Å². The lowest BCUT2D eigenvalue weighted by molar-refractivity contribution is 0.0682. The van der Waals surface area contributed by atoms with E-state index >= 15 is 0 Å². The van der Waals surface area contributed by atoms with E-state index in [1.807, 2.05) is 0 Å². The number of carboxylic acid groups (broad SMARTS) is 2. The largest absolute Gasteiger partial charge is 0.478 e. The molecule has 25 heavy (non-hydrogen) atoms. The molecule has 0 radical (unpaired) electrons. The molecular formula is C20H31NO4. The number of hydrogen-bond acceptors (Lipinski definition) is 3. The van der Waals surface area contributed by atoms with Crippen LogP contribution in [0.3, 0.4) is 0 Å². The van der Waals surface area contributed by atoms with Crippen molar-refractivity contribution in [1.82, 2.24) is 0 Å². The molecule has 0 bridgehead atoms. The molecule has 0 aliphatic rings. The van der Waals surface area contributed by atoms with Gasteiger partial charge in [-0.2, -0.15) is 0 Å². The van der Waals surface area contributed by atoms with Crippen LogP contribution < -0.4 is 5.32 Å². The number of rotatable bonds is 14. The van der Waals surface area contributed by atoms with Gasteiger partial charge in [-0.25, -0.2) is 9.59 Å². The molecule has 0 aromatic heterocycles. The average Bonchev–Trinajstić information content (AvgIpc) is 2.59. The Morgan fingerprint density at radius 2 is 1.40 bits per heavy atom. The quantitative estimate of drug-likeness (QED) is 0.391. The molecule has 0 saturated heterocycles. The second kappa shape index (κ2) is 12.3. The van der Waals surface area contributed by atoms with E-state index in [1.165, 1.54) is 69.6 Å². The number of carbonyl (C=O) groups is 2. The third-order valence-corrected chi connectivity index (χ3v) is 4.34. The molecule has 5 nitrogen and oxygen atoms in total. The van der Waals surface area contributed by atoms with Crippen molar-refractivity contribution in [3.63, 3.8) is 0 Å². The molecule has 0 aliphatic carbocycles. The number of benzene rings is 1. The van der Waals surface area contributed by atoms with Crippen LogP contribution in [0.25, 0.3) is 0 Å². The number of carboxylic acids is 2. The van der Waals surface area contributed by atoms with Gasteiger partial charge in [-0.1, -0.05) is 64.7 Å². The average molecular weight is 349 g/mol. The summed E-state index contributed by atoms with van der Waals surface area (Å²) < 4.78 is 0. The van der Waals surface area contributed by atoms with E-state index in [4.69, 9.17) is 5.11 Å². The summed E-state index contributed by atoms with van der Waals surface area (Å²) in [5.74, 6) is -2.11. The third-order valence-electron chi connectivity index (χ3n) is 4.34. The Balaban J connectivity index is 2.24. The van der Waals surface area contributed by atoms with E-state index in [1.54, 1.807) is 0 Å². The van der Waals surface area contributed by atoms with Crippen LogP contribution in [-0.4, -0.2) is 28.7 Å². The van der Waals surface area contributed by atoms with Crippen LogP contribution in [0.4, 0.5) is 5.69 Å². The molecule has 0 heterocycles. The van der Waals surface area contributed by atoms with E-state index in [0.717, 1.165) is 12.8 Å². The predicted octanol–water partition coefficient (Wildman–Crippen LogP) is 5.42. The van der Waals surface area contributed by atoms with Crippen molar-refractivity contribution >= 4 is 17.6 Å². The summed E-state index contributed by atoms with van der Waals surface area (Å²) in [7, 11) is 0. The summed E-state index contributed by atoms with van der Waals surface area (Å²) in [5, 5.41) is 21.3. The summed E-state index contributed by atoms with van der Waals surface area (Å²) in [6.45, 7) is 2.88. The van der Waals surface area contributed by atoms with Gasteiger partial charge in [0, 0.05) is 12.2 Å². The Kier molecular flexibility index (Phi) is 10.4. The third kappa shape index (κ3) is 8.57. The monoisotopic (exact) mass is 349 g/mol. The number of aromatic carboxylic acids is 2. The molecule has 0 spiro atoms. The minimum Gasteiger partial charge on any atom is -0.478 e. The molecule has 0 unspecified atom stereocenters. The van der Waals surface area contributed by atoms with Crippen molar-refractivity contribution in [2.24, 2.45) is 0 Å². The summed E-state index contributed by atoms with van der Waals surface area (Å²) >= 11 is 0. The van der Waals surface area contributed by atoms with Gasteiger partial charge < -0.3 is 15.5 Å². The fraction of sp³-hybridized carbons (Fsp3) is 0.600. The maximum absolute atomic E-state index is 11.2. The zero-order valence-corrected chi connectivity index (χ0v) is 15.2. The molecule has 0 aliphatic heterocycles. The van der Waals surface area contributed by atoms with Gasteiger partial charge in [0.05, 0.1) is 11.1 Å². The first-order valence-corrected chi connectivity index (χ1v) is 9.40. The minimum absolute atomic E-state index is 0.0931. The Morgan fingerprint density at radius 3 is 1.92 bits per heavy atom. The highest BCUT2D eigenvalue weighted by molar-refractivity contribution is 5.97. The van der Waals surface area contributed by atoms with Crippen LogP contribution in [0.2, 0.25) is 0 Å². The number of anilines is 1. The van der Waals surface area contributed by atoms with Gasteiger partial charge in [-0.05, 0) is 24.6 Å². The molecule has 1 rings (SSSR count). The van der Waals surface area contributed by atoms with Gasteiger partial charge >= 0.3 is 11.9 Å². The normalized spacial score (nSPS) is 10.6. The van der Waals surface area contributed by atoms with E-state index in [2.05, 4.69) is 12.2 Å². The molecule has 1 aromatic rings. The van der Waals surface area contributed by atoms with Crippen LogP contribution in [-0.2, 0) is 0 Å². The Morgan fingerprint density at radius 1 is 0.840 bits per heavy atom. The van der Waals surface area contributed by atoms with Crippen molar-refractivity contribution in [3.05, 3.63) is 29.3 Å². The summed E-state index contributed by atoms with van der Waals surface area (Å²) in [4.78, 5) is 22.2. The molecule has 1 aromatic carbocycles. The van der Waals surface area contributed by atoms with E-state index in [9.17, 15) is 14.7 Å². The van der Waals surface area contributed by atoms with Gasteiger partial charge in [-0.3, -0.25) is 0 Å². The molecule has 0 saturated carbocycles. The highest BCUT2D eigenvalue weighted by Gasteiger charge is 2.13. The van der Waals surface area contributed by atoms with Crippen molar-refractivity contribution in [2.75, 3.05) is 11.9 Å². The molecule has 0 amide bonds. The molecule has 0 atom stereocenters. The first-order valence-electron chi connectivity index (χ1n) is 9.40.